The quantitative estimate of drug-likeness (QED) is 0.442. The second-order valence-electron chi connectivity index (χ2n) is 3.47. The summed E-state index contributed by atoms with van der Waals surface area (Å²) in [6.45, 7) is 0. The molecule has 0 amide bonds. The van der Waals surface area contributed by atoms with E-state index in [0.717, 1.165) is 27.4 Å². The molecule has 0 aliphatic carbocycles. The van der Waals surface area contributed by atoms with Gasteiger partial charge in [0.15, 0.2) is 0 Å². The number of hydrogen-bond donors (Lipinski definition) is 1. The smallest absolute Gasteiger partial charge is 0.0936 e. The molecule has 3 nitrogen and oxygen atoms in total. The molecule has 0 saturated heterocycles. The number of rotatable bonds is 0. The van der Waals surface area contributed by atoms with Crippen LogP contribution in [0.3, 0.4) is 0 Å². The minimum atomic E-state index is 0.783. The van der Waals surface area contributed by atoms with E-state index in [1.165, 1.54) is 0 Å². The molecule has 1 heterocycles. The van der Waals surface area contributed by atoms with Crippen LogP contribution in [0.2, 0.25) is 0 Å². The van der Waals surface area contributed by atoms with E-state index >= 15 is 0 Å². The molecule has 3 rings (SSSR count). The summed E-state index contributed by atoms with van der Waals surface area (Å²) in [6.07, 6.45) is 1.69. The Morgan fingerprint density at radius 3 is 2.87 bits per heavy atom. The standard InChI is InChI=1S/C12H9N3/c13-10-3-1-2-8-4-5-11-9(12(8)10)6-7-14-15-11/h1-7H,13H2. The number of nitrogens with two attached hydrogens (primary N) is 1. The fourth-order valence-electron chi connectivity index (χ4n) is 1.88. The zero-order chi connectivity index (χ0) is 10.3. The Morgan fingerprint density at radius 1 is 1.00 bits per heavy atom. The average Bonchev–Trinajstić information content (AvgIpc) is 2.29. The molecule has 0 unspecified atom stereocenters. The first-order valence-corrected chi connectivity index (χ1v) is 4.75. The lowest BCUT2D eigenvalue weighted by Crippen LogP contribution is -1.89. The Bertz CT molecular complexity index is 646. The molecule has 2 aromatic carbocycles. The van der Waals surface area contributed by atoms with Gasteiger partial charge in [-0.25, -0.2) is 0 Å². The number of nitrogens with zero attached hydrogens (tertiary/aromatic N) is 2. The van der Waals surface area contributed by atoms with Crippen LogP contribution in [0.1, 0.15) is 0 Å². The maximum absolute atomic E-state index is 5.97. The molecule has 0 saturated carbocycles. The summed E-state index contributed by atoms with van der Waals surface area (Å²) in [5.41, 5.74) is 7.64. The Labute approximate surface area is 86.5 Å². The van der Waals surface area contributed by atoms with Crippen molar-refractivity contribution in [1.82, 2.24) is 10.2 Å². The fraction of sp³-hybridized carbons (Fsp3) is 0. The van der Waals surface area contributed by atoms with Crippen molar-refractivity contribution < 1.29 is 0 Å². The molecule has 0 atom stereocenters. The molecule has 1 aromatic heterocycles. The molecule has 0 aliphatic rings. The summed E-state index contributed by atoms with van der Waals surface area (Å²) >= 11 is 0. The van der Waals surface area contributed by atoms with Gasteiger partial charge in [-0.2, -0.15) is 10.2 Å². The van der Waals surface area contributed by atoms with Crippen molar-refractivity contribution in [3.05, 3.63) is 42.6 Å². The van der Waals surface area contributed by atoms with Gasteiger partial charge in [-0.3, -0.25) is 0 Å². The van der Waals surface area contributed by atoms with Crippen LogP contribution in [0.5, 0.6) is 0 Å². The van der Waals surface area contributed by atoms with Crippen LogP contribution in [0.4, 0.5) is 5.69 Å². The maximum Gasteiger partial charge on any atom is 0.0936 e. The summed E-state index contributed by atoms with van der Waals surface area (Å²) in [5.74, 6) is 0. The van der Waals surface area contributed by atoms with Crippen LogP contribution in [-0.4, -0.2) is 10.2 Å². The van der Waals surface area contributed by atoms with Crippen molar-refractivity contribution in [3.63, 3.8) is 0 Å². The third kappa shape index (κ3) is 1.13. The van der Waals surface area contributed by atoms with E-state index in [-0.39, 0.29) is 0 Å². The van der Waals surface area contributed by atoms with Crippen LogP contribution in [-0.2, 0) is 0 Å². The van der Waals surface area contributed by atoms with Gasteiger partial charge in [-0.1, -0.05) is 18.2 Å². The minimum Gasteiger partial charge on any atom is -0.398 e. The van der Waals surface area contributed by atoms with Gasteiger partial charge >= 0.3 is 0 Å². The number of benzene rings is 2. The lowest BCUT2D eigenvalue weighted by molar-refractivity contribution is 1.08. The highest BCUT2D eigenvalue weighted by Crippen LogP contribution is 2.27. The van der Waals surface area contributed by atoms with E-state index in [2.05, 4.69) is 10.2 Å². The van der Waals surface area contributed by atoms with Gasteiger partial charge in [-0.15, -0.1) is 0 Å². The zero-order valence-corrected chi connectivity index (χ0v) is 8.01. The van der Waals surface area contributed by atoms with Crippen molar-refractivity contribution in [3.8, 4) is 0 Å². The molecule has 0 spiro atoms. The number of fused-ring (bicyclic) bond motifs is 3. The Hall–Kier alpha value is -2.16. The topological polar surface area (TPSA) is 51.8 Å². The highest BCUT2D eigenvalue weighted by atomic mass is 15.1. The second-order valence-corrected chi connectivity index (χ2v) is 3.47. The fourth-order valence-corrected chi connectivity index (χ4v) is 1.88. The van der Waals surface area contributed by atoms with Crippen LogP contribution < -0.4 is 5.73 Å². The molecule has 3 heteroatoms. The highest BCUT2D eigenvalue weighted by molar-refractivity contribution is 6.11. The molecule has 72 valence electrons. The van der Waals surface area contributed by atoms with E-state index in [4.69, 9.17) is 5.73 Å². The number of nitrogen functional groups attached to an aromatic ring is 1. The first-order chi connectivity index (χ1) is 7.36. The van der Waals surface area contributed by atoms with Crippen LogP contribution in [0, 0.1) is 0 Å². The van der Waals surface area contributed by atoms with Crippen LogP contribution in [0.25, 0.3) is 21.7 Å². The average molecular weight is 195 g/mol. The lowest BCUT2D eigenvalue weighted by atomic mass is 10.0. The molecule has 0 fully saturated rings. The zero-order valence-electron chi connectivity index (χ0n) is 8.01. The molecule has 0 aliphatic heterocycles. The van der Waals surface area contributed by atoms with Crippen molar-refractivity contribution >= 4 is 27.4 Å². The van der Waals surface area contributed by atoms with Gasteiger partial charge < -0.3 is 5.73 Å². The van der Waals surface area contributed by atoms with Gasteiger partial charge in [0.1, 0.15) is 0 Å². The lowest BCUT2D eigenvalue weighted by Gasteiger charge is -2.04. The first kappa shape index (κ1) is 8.17. The predicted molar refractivity (Wildman–Crippen MR) is 61.5 cm³/mol. The largest absolute Gasteiger partial charge is 0.398 e. The molecule has 2 N–H and O–H groups in total. The van der Waals surface area contributed by atoms with Gasteiger partial charge in [0.05, 0.1) is 11.7 Å². The second kappa shape index (κ2) is 2.92. The molecular formula is C12H9N3. The Morgan fingerprint density at radius 2 is 1.93 bits per heavy atom. The van der Waals surface area contributed by atoms with Crippen LogP contribution >= 0.6 is 0 Å². The monoisotopic (exact) mass is 195 g/mol. The SMILES string of the molecule is Nc1cccc2ccc3nnccc3c12. The summed E-state index contributed by atoms with van der Waals surface area (Å²) < 4.78 is 0. The van der Waals surface area contributed by atoms with E-state index < -0.39 is 0 Å². The van der Waals surface area contributed by atoms with E-state index in [1.807, 2.05) is 36.4 Å². The Kier molecular flexibility index (Phi) is 1.59. The van der Waals surface area contributed by atoms with Gasteiger partial charge in [0.2, 0.25) is 0 Å². The predicted octanol–water partition coefficient (Wildman–Crippen LogP) is 2.37. The molecule has 0 bridgehead atoms. The molecule has 3 aromatic rings. The Balaban J connectivity index is 2.64. The van der Waals surface area contributed by atoms with Crippen LogP contribution in [0.15, 0.2) is 42.6 Å². The molecule has 0 radical (unpaired) electrons. The van der Waals surface area contributed by atoms with Crippen molar-refractivity contribution in [2.24, 2.45) is 0 Å². The number of aromatic nitrogens is 2. The summed E-state index contributed by atoms with van der Waals surface area (Å²) in [7, 11) is 0. The third-order valence-corrected chi connectivity index (χ3v) is 2.57. The summed E-state index contributed by atoms with van der Waals surface area (Å²) in [5, 5.41) is 11.2. The number of anilines is 1. The van der Waals surface area contributed by atoms with E-state index in [9.17, 15) is 0 Å². The minimum absolute atomic E-state index is 0.783. The normalized spacial score (nSPS) is 10.9. The maximum atomic E-state index is 5.97. The number of hydrogen-bond acceptors (Lipinski definition) is 3. The molecular weight excluding hydrogens is 186 g/mol. The van der Waals surface area contributed by atoms with Gasteiger partial charge in [0, 0.05) is 16.5 Å². The first-order valence-electron chi connectivity index (χ1n) is 4.75. The van der Waals surface area contributed by atoms with Crippen molar-refractivity contribution in [2.75, 3.05) is 5.73 Å². The van der Waals surface area contributed by atoms with E-state index in [1.54, 1.807) is 6.20 Å². The van der Waals surface area contributed by atoms with Gasteiger partial charge in [0.25, 0.3) is 0 Å². The highest BCUT2D eigenvalue weighted by Gasteiger charge is 2.03. The van der Waals surface area contributed by atoms with Crippen molar-refractivity contribution in [2.45, 2.75) is 0 Å². The summed E-state index contributed by atoms with van der Waals surface area (Å²) in [6, 6.07) is 11.8. The van der Waals surface area contributed by atoms with Crippen molar-refractivity contribution in [1.29, 1.82) is 0 Å². The van der Waals surface area contributed by atoms with Gasteiger partial charge in [-0.05, 0) is 23.6 Å². The third-order valence-electron chi connectivity index (χ3n) is 2.57. The summed E-state index contributed by atoms with van der Waals surface area (Å²) in [4.78, 5) is 0. The van der Waals surface area contributed by atoms with E-state index in [0.29, 0.717) is 0 Å². The molecule has 15 heavy (non-hydrogen) atoms.